The summed E-state index contributed by atoms with van der Waals surface area (Å²) in [5.74, 6) is -1.08. The molecule has 2 rings (SSSR count). The maximum Gasteiger partial charge on any atom is 0.320 e. The van der Waals surface area contributed by atoms with E-state index in [9.17, 15) is 9.59 Å². The predicted molar refractivity (Wildman–Crippen MR) is 77.6 cm³/mol. The van der Waals surface area contributed by atoms with Crippen LogP contribution in [0, 0.1) is 5.92 Å². The van der Waals surface area contributed by atoms with E-state index in [1.165, 1.54) is 0 Å². The molecule has 2 amide bonds. The summed E-state index contributed by atoms with van der Waals surface area (Å²) in [6.45, 7) is 4.04. The lowest BCUT2D eigenvalue weighted by atomic mass is 9.97. The van der Waals surface area contributed by atoms with Crippen molar-refractivity contribution in [1.29, 1.82) is 0 Å². The molecule has 1 saturated heterocycles. The van der Waals surface area contributed by atoms with Crippen LogP contribution >= 0.6 is 0 Å². The Morgan fingerprint density at radius 1 is 1.38 bits per heavy atom. The average molecular weight is 291 g/mol. The average Bonchev–Trinajstić information content (AvgIpc) is 2.53. The Bertz CT molecular complexity index is 484. The van der Waals surface area contributed by atoms with Crippen LogP contribution in [0.3, 0.4) is 0 Å². The quantitative estimate of drug-likeness (QED) is 0.918. The van der Waals surface area contributed by atoms with Gasteiger partial charge in [-0.15, -0.1) is 0 Å². The minimum atomic E-state index is -0.761. The van der Waals surface area contributed by atoms with Gasteiger partial charge in [0.25, 0.3) is 0 Å². The lowest BCUT2D eigenvalue weighted by molar-refractivity contribution is -0.143. The van der Waals surface area contributed by atoms with Crippen LogP contribution in [0.25, 0.3) is 0 Å². The number of carboxylic acid groups (broad SMARTS) is 1. The number of likely N-dealkylation sites (tertiary alicyclic amines) is 1. The number of rotatable bonds is 4. The van der Waals surface area contributed by atoms with E-state index in [2.05, 4.69) is 4.98 Å². The minimum absolute atomic E-state index is 0.0352. The Morgan fingerprint density at radius 2 is 2.10 bits per heavy atom. The van der Waals surface area contributed by atoms with Gasteiger partial charge >= 0.3 is 12.0 Å². The molecule has 1 N–H and O–H groups in total. The van der Waals surface area contributed by atoms with Gasteiger partial charge in [-0.3, -0.25) is 9.78 Å². The van der Waals surface area contributed by atoms with Gasteiger partial charge in [-0.05, 0) is 31.9 Å². The van der Waals surface area contributed by atoms with Crippen LogP contribution in [0.5, 0.6) is 0 Å². The molecule has 21 heavy (non-hydrogen) atoms. The smallest absolute Gasteiger partial charge is 0.320 e. The van der Waals surface area contributed by atoms with Crippen molar-refractivity contribution < 1.29 is 14.7 Å². The summed E-state index contributed by atoms with van der Waals surface area (Å²) in [6.07, 6.45) is 2.77. The van der Waals surface area contributed by atoms with Gasteiger partial charge in [-0.25, -0.2) is 4.79 Å². The summed E-state index contributed by atoms with van der Waals surface area (Å²) in [5, 5.41) is 8.99. The molecule has 0 unspecified atom stereocenters. The third-order valence-electron chi connectivity index (χ3n) is 3.85. The van der Waals surface area contributed by atoms with Gasteiger partial charge < -0.3 is 14.9 Å². The van der Waals surface area contributed by atoms with Crippen LogP contribution in [0.2, 0.25) is 0 Å². The maximum absolute atomic E-state index is 12.5. The van der Waals surface area contributed by atoms with Crippen molar-refractivity contribution in [1.82, 2.24) is 14.8 Å². The Morgan fingerprint density at radius 3 is 2.62 bits per heavy atom. The number of hydrogen-bond donors (Lipinski definition) is 1. The summed E-state index contributed by atoms with van der Waals surface area (Å²) < 4.78 is 0. The highest BCUT2D eigenvalue weighted by Crippen LogP contribution is 2.19. The van der Waals surface area contributed by atoms with E-state index in [4.69, 9.17) is 5.11 Å². The van der Waals surface area contributed by atoms with Gasteiger partial charge in [0.2, 0.25) is 0 Å². The molecule has 1 aromatic heterocycles. The van der Waals surface area contributed by atoms with Crippen LogP contribution in [-0.4, -0.2) is 51.5 Å². The molecule has 2 heterocycles. The number of carbonyl (C=O) groups is 2. The SMILES string of the molecule is CCN(Cc1ccccn1)C(=O)N1CCC(C(=O)O)CC1. The van der Waals surface area contributed by atoms with Crippen molar-refractivity contribution in [2.24, 2.45) is 5.92 Å². The van der Waals surface area contributed by atoms with Gasteiger partial charge in [0.1, 0.15) is 0 Å². The van der Waals surface area contributed by atoms with E-state index in [0.29, 0.717) is 39.0 Å². The second kappa shape index (κ2) is 7.06. The molecule has 1 aromatic rings. The highest BCUT2D eigenvalue weighted by atomic mass is 16.4. The van der Waals surface area contributed by atoms with Crippen LogP contribution < -0.4 is 0 Å². The van der Waals surface area contributed by atoms with Gasteiger partial charge in [0, 0.05) is 25.8 Å². The van der Waals surface area contributed by atoms with Gasteiger partial charge in [-0.2, -0.15) is 0 Å². The van der Waals surface area contributed by atoms with Gasteiger partial charge in [-0.1, -0.05) is 6.07 Å². The largest absolute Gasteiger partial charge is 0.481 e. The summed E-state index contributed by atoms with van der Waals surface area (Å²) in [4.78, 5) is 31.1. The summed E-state index contributed by atoms with van der Waals surface area (Å²) in [7, 11) is 0. The van der Waals surface area contributed by atoms with Gasteiger partial charge in [0.15, 0.2) is 0 Å². The number of nitrogens with zero attached hydrogens (tertiary/aromatic N) is 3. The summed E-state index contributed by atoms with van der Waals surface area (Å²) in [6, 6.07) is 5.61. The first-order chi connectivity index (χ1) is 10.1. The zero-order chi connectivity index (χ0) is 15.2. The van der Waals surface area contributed by atoms with E-state index in [-0.39, 0.29) is 11.9 Å². The molecule has 1 aliphatic heterocycles. The normalized spacial score (nSPS) is 15.8. The Hall–Kier alpha value is -2.11. The lowest BCUT2D eigenvalue weighted by Gasteiger charge is -2.34. The topological polar surface area (TPSA) is 73.7 Å². The first kappa shape index (κ1) is 15.3. The van der Waals surface area contributed by atoms with Crippen LogP contribution in [0.4, 0.5) is 4.79 Å². The second-order valence-corrected chi connectivity index (χ2v) is 5.22. The fraction of sp³-hybridized carbons (Fsp3) is 0.533. The summed E-state index contributed by atoms with van der Waals surface area (Å²) in [5.41, 5.74) is 0.855. The van der Waals surface area contributed by atoms with Gasteiger partial charge in [0.05, 0.1) is 18.2 Å². The van der Waals surface area contributed by atoms with Crippen molar-refractivity contribution in [3.8, 4) is 0 Å². The molecule has 0 aromatic carbocycles. The first-order valence-electron chi connectivity index (χ1n) is 7.28. The van der Waals surface area contributed by atoms with Crippen molar-refractivity contribution in [3.05, 3.63) is 30.1 Å². The number of hydrogen-bond acceptors (Lipinski definition) is 3. The molecule has 1 fully saturated rings. The number of pyridine rings is 1. The van der Waals surface area contributed by atoms with Crippen LogP contribution in [0.1, 0.15) is 25.5 Å². The number of amides is 2. The van der Waals surface area contributed by atoms with Crippen molar-refractivity contribution in [2.45, 2.75) is 26.3 Å². The predicted octanol–water partition coefficient (Wildman–Crippen LogP) is 1.82. The molecule has 0 saturated carbocycles. The number of carboxylic acids is 1. The second-order valence-electron chi connectivity index (χ2n) is 5.22. The molecule has 6 heteroatoms. The molecule has 114 valence electrons. The molecular weight excluding hydrogens is 270 g/mol. The molecule has 0 bridgehead atoms. The molecule has 1 aliphatic rings. The fourth-order valence-corrected chi connectivity index (χ4v) is 2.52. The Kier molecular flexibility index (Phi) is 5.14. The lowest BCUT2D eigenvalue weighted by Crippen LogP contribution is -2.47. The number of aliphatic carboxylic acids is 1. The number of piperidine rings is 1. The molecule has 0 radical (unpaired) electrons. The molecule has 0 spiro atoms. The standard InChI is InChI=1S/C15H21N3O3/c1-2-17(11-13-5-3-4-8-16-13)15(21)18-9-6-12(7-10-18)14(19)20/h3-5,8,12H,2,6-7,9-11H2,1H3,(H,19,20). The Balaban J connectivity index is 1.93. The highest BCUT2D eigenvalue weighted by molar-refractivity contribution is 5.75. The molecule has 6 nitrogen and oxygen atoms in total. The highest BCUT2D eigenvalue weighted by Gasteiger charge is 2.29. The maximum atomic E-state index is 12.5. The minimum Gasteiger partial charge on any atom is -0.481 e. The number of aromatic nitrogens is 1. The van der Waals surface area contributed by atoms with E-state index in [1.807, 2.05) is 25.1 Å². The van der Waals surface area contributed by atoms with Crippen LogP contribution in [0.15, 0.2) is 24.4 Å². The molecule has 0 atom stereocenters. The van der Waals surface area contributed by atoms with Crippen LogP contribution in [-0.2, 0) is 11.3 Å². The van der Waals surface area contributed by atoms with E-state index >= 15 is 0 Å². The molecule has 0 aliphatic carbocycles. The van der Waals surface area contributed by atoms with Crippen molar-refractivity contribution in [3.63, 3.8) is 0 Å². The third-order valence-corrected chi connectivity index (χ3v) is 3.85. The Labute approximate surface area is 124 Å². The number of urea groups is 1. The van der Waals surface area contributed by atoms with E-state index in [1.54, 1.807) is 16.0 Å². The van der Waals surface area contributed by atoms with Crippen molar-refractivity contribution in [2.75, 3.05) is 19.6 Å². The first-order valence-corrected chi connectivity index (χ1v) is 7.28. The van der Waals surface area contributed by atoms with E-state index < -0.39 is 5.97 Å². The zero-order valence-corrected chi connectivity index (χ0v) is 12.2. The van der Waals surface area contributed by atoms with E-state index in [0.717, 1.165) is 5.69 Å². The van der Waals surface area contributed by atoms with Crippen molar-refractivity contribution >= 4 is 12.0 Å². The fourth-order valence-electron chi connectivity index (χ4n) is 2.52. The summed E-state index contributed by atoms with van der Waals surface area (Å²) >= 11 is 0. The number of carbonyl (C=O) groups excluding carboxylic acids is 1. The molecular formula is C15H21N3O3. The third kappa shape index (κ3) is 3.93. The zero-order valence-electron chi connectivity index (χ0n) is 12.2. The monoisotopic (exact) mass is 291 g/mol.